The Kier molecular flexibility index (Phi) is 6.10. The van der Waals surface area contributed by atoms with E-state index in [2.05, 4.69) is 68.7 Å². The van der Waals surface area contributed by atoms with Crippen LogP contribution in [0.1, 0.15) is 0 Å². The number of para-hydroxylation sites is 1. The molecule has 5 heteroatoms. The van der Waals surface area contributed by atoms with Crippen LogP contribution in [0, 0.1) is 0 Å². The highest BCUT2D eigenvalue weighted by molar-refractivity contribution is 7.16. The smallest absolute Gasteiger partial charge is 0.0812 e. The molecule has 0 saturated heterocycles. The van der Waals surface area contributed by atoms with E-state index < -0.39 is 0 Å². The van der Waals surface area contributed by atoms with Crippen LogP contribution in [0.5, 0.6) is 0 Å². The molecular formula is C24H18N4S. The number of hydrogen-bond acceptors (Lipinski definition) is 5. The van der Waals surface area contributed by atoms with Crippen LogP contribution in [0.15, 0.2) is 109 Å². The summed E-state index contributed by atoms with van der Waals surface area (Å²) in [5, 5.41) is 10.7. The Morgan fingerprint density at radius 1 is 0.552 bits per heavy atom. The highest BCUT2D eigenvalue weighted by atomic mass is 32.1. The fourth-order valence-corrected chi connectivity index (χ4v) is 3.55. The Hall–Kier alpha value is -3.70. The molecule has 0 saturated carbocycles. The van der Waals surface area contributed by atoms with Gasteiger partial charge in [0.05, 0.1) is 21.2 Å². The lowest BCUT2D eigenvalue weighted by molar-refractivity contribution is 1.03. The van der Waals surface area contributed by atoms with Gasteiger partial charge < -0.3 is 0 Å². The van der Waals surface area contributed by atoms with Crippen molar-refractivity contribution in [2.45, 2.75) is 0 Å². The first-order valence-electron chi connectivity index (χ1n) is 9.14. The second kappa shape index (κ2) is 9.48. The van der Waals surface area contributed by atoms with Crippen molar-refractivity contribution in [3.63, 3.8) is 0 Å². The molecule has 0 aliphatic heterocycles. The Bertz CT molecular complexity index is 1200. The third-order valence-electron chi connectivity index (χ3n) is 4.22. The molecule has 0 bridgehead atoms. The van der Waals surface area contributed by atoms with Crippen LogP contribution >= 0.6 is 11.3 Å². The minimum absolute atomic E-state index is 1.09. The van der Waals surface area contributed by atoms with Gasteiger partial charge in [-0.3, -0.25) is 4.98 Å². The SMILES string of the molecule is c1ccc2c(c1)ccc1cccnc12.c1ccc2scnc2c1.c1ccnnc1. The summed E-state index contributed by atoms with van der Waals surface area (Å²) in [6.07, 6.45) is 5.12. The molecule has 0 spiro atoms. The normalized spacial score (nSPS) is 10.1. The van der Waals surface area contributed by atoms with Crippen LogP contribution in [0.25, 0.3) is 31.9 Å². The molecule has 0 aliphatic carbocycles. The van der Waals surface area contributed by atoms with Gasteiger partial charge in [-0.05, 0) is 35.7 Å². The first-order valence-corrected chi connectivity index (χ1v) is 10.0. The minimum atomic E-state index is 1.09. The van der Waals surface area contributed by atoms with Crippen LogP contribution in [0.2, 0.25) is 0 Å². The lowest BCUT2D eigenvalue weighted by Gasteiger charge is -2.01. The maximum atomic E-state index is 4.41. The van der Waals surface area contributed by atoms with E-state index >= 15 is 0 Å². The maximum Gasteiger partial charge on any atom is 0.0812 e. The monoisotopic (exact) mass is 394 g/mol. The van der Waals surface area contributed by atoms with E-state index in [1.165, 1.54) is 20.9 Å². The second-order valence-corrected chi connectivity index (χ2v) is 6.98. The molecule has 3 aromatic heterocycles. The van der Waals surface area contributed by atoms with Gasteiger partial charge in [-0.15, -0.1) is 11.3 Å². The van der Waals surface area contributed by atoms with Gasteiger partial charge in [-0.25, -0.2) is 4.98 Å². The molecule has 3 aromatic carbocycles. The molecule has 0 atom stereocenters. The summed E-state index contributed by atoms with van der Waals surface area (Å²) in [6, 6.07) is 28.4. The summed E-state index contributed by atoms with van der Waals surface area (Å²) in [5.41, 5.74) is 4.05. The van der Waals surface area contributed by atoms with Gasteiger partial charge in [-0.2, -0.15) is 10.2 Å². The summed E-state index contributed by atoms with van der Waals surface area (Å²) in [4.78, 5) is 8.55. The van der Waals surface area contributed by atoms with E-state index in [9.17, 15) is 0 Å². The minimum Gasteiger partial charge on any atom is -0.256 e. The van der Waals surface area contributed by atoms with E-state index in [1.807, 2.05) is 48.1 Å². The molecule has 0 N–H and O–H groups in total. The molecule has 140 valence electrons. The average molecular weight is 395 g/mol. The van der Waals surface area contributed by atoms with Gasteiger partial charge in [-0.1, -0.05) is 54.6 Å². The summed E-state index contributed by atoms with van der Waals surface area (Å²) < 4.78 is 1.26. The zero-order valence-electron chi connectivity index (χ0n) is 15.6. The van der Waals surface area contributed by atoms with Gasteiger partial charge in [0, 0.05) is 29.4 Å². The number of nitrogens with zero attached hydrogens (tertiary/aromatic N) is 4. The molecule has 29 heavy (non-hydrogen) atoms. The molecule has 4 nitrogen and oxygen atoms in total. The van der Waals surface area contributed by atoms with Crippen LogP contribution in [0.3, 0.4) is 0 Å². The summed E-state index contributed by atoms with van der Waals surface area (Å²) in [6.45, 7) is 0. The zero-order valence-corrected chi connectivity index (χ0v) is 16.4. The lowest BCUT2D eigenvalue weighted by atomic mass is 10.1. The van der Waals surface area contributed by atoms with Gasteiger partial charge in [0.2, 0.25) is 0 Å². The Morgan fingerprint density at radius 2 is 1.28 bits per heavy atom. The van der Waals surface area contributed by atoms with Crippen molar-refractivity contribution < 1.29 is 0 Å². The van der Waals surface area contributed by atoms with Crippen molar-refractivity contribution in [3.8, 4) is 0 Å². The van der Waals surface area contributed by atoms with Gasteiger partial charge in [0.1, 0.15) is 0 Å². The number of benzene rings is 3. The topological polar surface area (TPSA) is 51.6 Å². The molecule has 0 radical (unpaired) electrons. The fourth-order valence-electron chi connectivity index (χ4n) is 2.87. The number of thiazole rings is 1. The summed E-state index contributed by atoms with van der Waals surface area (Å²) >= 11 is 1.68. The summed E-state index contributed by atoms with van der Waals surface area (Å²) in [5.74, 6) is 0. The Morgan fingerprint density at radius 3 is 2.07 bits per heavy atom. The highest BCUT2D eigenvalue weighted by Crippen LogP contribution is 2.22. The second-order valence-electron chi connectivity index (χ2n) is 6.10. The lowest BCUT2D eigenvalue weighted by Crippen LogP contribution is -1.79. The number of aromatic nitrogens is 4. The standard InChI is InChI=1S/C13H9N.C7H5NS.C4H4N2/c1-2-6-12-10(4-1)7-8-11-5-3-9-14-13(11)12;1-2-4-7-6(3-1)8-5-9-7;1-2-4-6-5-3-1/h1-9H;1-5H;1-4H. The predicted octanol–water partition coefficient (Wildman–Crippen LogP) is 6.16. The van der Waals surface area contributed by atoms with Gasteiger partial charge in [0.15, 0.2) is 0 Å². The first kappa shape index (κ1) is 18.7. The highest BCUT2D eigenvalue weighted by Gasteiger charge is 1.98. The predicted molar refractivity (Wildman–Crippen MR) is 121 cm³/mol. The third kappa shape index (κ3) is 4.78. The van der Waals surface area contributed by atoms with E-state index in [-0.39, 0.29) is 0 Å². The zero-order chi connectivity index (χ0) is 19.7. The molecule has 3 heterocycles. The maximum absolute atomic E-state index is 4.41. The van der Waals surface area contributed by atoms with Crippen molar-refractivity contribution in [2.75, 3.05) is 0 Å². The molecule has 0 unspecified atom stereocenters. The molecule has 6 aromatic rings. The Balaban J connectivity index is 0.000000117. The summed E-state index contributed by atoms with van der Waals surface area (Å²) in [7, 11) is 0. The van der Waals surface area contributed by atoms with Gasteiger partial charge in [0.25, 0.3) is 0 Å². The molecular weight excluding hydrogens is 376 g/mol. The molecule has 0 aliphatic rings. The molecule has 0 amide bonds. The molecule has 0 fully saturated rings. The van der Waals surface area contributed by atoms with Crippen molar-refractivity contribution >= 4 is 43.2 Å². The van der Waals surface area contributed by atoms with Gasteiger partial charge >= 0.3 is 0 Å². The van der Waals surface area contributed by atoms with Crippen molar-refractivity contribution in [2.24, 2.45) is 0 Å². The van der Waals surface area contributed by atoms with Crippen LogP contribution in [-0.4, -0.2) is 20.2 Å². The number of hydrogen-bond donors (Lipinski definition) is 0. The number of rotatable bonds is 0. The number of pyridine rings is 1. The molecule has 6 rings (SSSR count). The largest absolute Gasteiger partial charge is 0.256 e. The van der Waals surface area contributed by atoms with Crippen LogP contribution in [-0.2, 0) is 0 Å². The number of fused-ring (bicyclic) bond motifs is 4. The quantitative estimate of drug-likeness (QED) is 0.290. The van der Waals surface area contributed by atoms with Crippen molar-refractivity contribution in [1.29, 1.82) is 0 Å². The van der Waals surface area contributed by atoms with Crippen molar-refractivity contribution in [3.05, 3.63) is 109 Å². The van der Waals surface area contributed by atoms with Crippen LogP contribution in [0.4, 0.5) is 0 Å². The van der Waals surface area contributed by atoms with E-state index in [0.717, 1.165) is 11.0 Å². The van der Waals surface area contributed by atoms with E-state index in [4.69, 9.17) is 0 Å². The van der Waals surface area contributed by atoms with Crippen molar-refractivity contribution in [1.82, 2.24) is 20.2 Å². The fraction of sp³-hybridized carbons (Fsp3) is 0. The van der Waals surface area contributed by atoms with Crippen LogP contribution < -0.4 is 0 Å². The van der Waals surface area contributed by atoms with E-state index in [0.29, 0.717) is 0 Å². The Labute approximate surface area is 172 Å². The first-order chi connectivity index (χ1) is 14.4. The average Bonchev–Trinajstić information content (AvgIpc) is 3.30. The third-order valence-corrected chi connectivity index (χ3v) is 5.03. The van der Waals surface area contributed by atoms with E-state index in [1.54, 1.807) is 23.7 Å².